The molecule has 2 aromatic carbocycles. The second-order valence-corrected chi connectivity index (χ2v) is 4.57. The summed E-state index contributed by atoms with van der Waals surface area (Å²) in [5.74, 6) is 0.0588. The van der Waals surface area contributed by atoms with E-state index in [0.29, 0.717) is 16.8 Å². The first-order valence-corrected chi connectivity index (χ1v) is 6.41. The molecular weight excluding hydrogens is 268 g/mol. The van der Waals surface area contributed by atoms with Gasteiger partial charge >= 0.3 is 5.97 Å². The van der Waals surface area contributed by atoms with Crippen molar-refractivity contribution in [3.63, 3.8) is 0 Å². The maximum Gasteiger partial charge on any atom is 0.308 e. The summed E-state index contributed by atoms with van der Waals surface area (Å²) < 4.78 is 5.07. The number of H-pyrrole nitrogens is 1. The molecule has 0 spiro atoms. The molecule has 5 heteroatoms. The molecular formula is C16H12N2O3. The van der Waals surface area contributed by atoms with Gasteiger partial charge in [0.05, 0.1) is 11.1 Å². The highest BCUT2D eigenvalue weighted by Gasteiger charge is 2.09. The molecule has 0 unspecified atom stereocenters. The number of esters is 1. The molecule has 0 saturated carbocycles. The van der Waals surface area contributed by atoms with Gasteiger partial charge in [-0.05, 0) is 18.2 Å². The zero-order chi connectivity index (χ0) is 14.8. The van der Waals surface area contributed by atoms with E-state index in [4.69, 9.17) is 4.74 Å². The Morgan fingerprint density at radius 1 is 1.10 bits per heavy atom. The van der Waals surface area contributed by atoms with Crippen LogP contribution in [-0.4, -0.2) is 16.2 Å². The maximum atomic E-state index is 11.8. The lowest BCUT2D eigenvalue weighted by Crippen LogP contribution is -2.09. The smallest absolute Gasteiger partial charge is 0.308 e. The molecule has 3 rings (SSSR count). The predicted molar refractivity (Wildman–Crippen MR) is 79.1 cm³/mol. The van der Waals surface area contributed by atoms with Crippen LogP contribution in [0.15, 0.2) is 53.3 Å². The third kappa shape index (κ3) is 2.53. The van der Waals surface area contributed by atoms with E-state index in [9.17, 15) is 9.59 Å². The maximum absolute atomic E-state index is 11.8. The Hall–Kier alpha value is -2.95. The average molecular weight is 280 g/mol. The van der Waals surface area contributed by atoms with E-state index >= 15 is 0 Å². The Morgan fingerprint density at radius 3 is 2.62 bits per heavy atom. The fourth-order valence-electron chi connectivity index (χ4n) is 2.21. The average Bonchev–Trinajstić information content (AvgIpc) is 2.47. The number of rotatable bonds is 2. The summed E-state index contributed by atoms with van der Waals surface area (Å²) in [6.45, 7) is 1.35. The van der Waals surface area contributed by atoms with Crippen molar-refractivity contribution in [3.8, 4) is 17.0 Å². The van der Waals surface area contributed by atoms with Crippen molar-refractivity contribution in [2.75, 3.05) is 0 Å². The zero-order valence-corrected chi connectivity index (χ0v) is 11.3. The summed E-state index contributed by atoms with van der Waals surface area (Å²) in [4.78, 5) is 22.8. The molecule has 1 N–H and O–H groups in total. The first kappa shape index (κ1) is 13.1. The lowest BCUT2D eigenvalue weighted by Gasteiger charge is -2.07. The Labute approximate surface area is 120 Å². The lowest BCUT2D eigenvalue weighted by atomic mass is 10.1. The van der Waals surface area contributed by atoms with Crippen molar-refractivity contribution < 1.29 is 9.53 Å². The molecule has 5 nitrogen and oxygen atoms in total. The molecule has 0 aliphatic heterocycles. The minimum atomic E-state index is -0.383. The van der Waals surface area contributed by atoms with Crippen LogP contribution in [0.1, 0.15) is 6.92 Å². The van der Waals surface area contributed by atoms with Gasteiger partial charge in [-0.15, -0.1) is 0 Å². The molecule has 0 fully saturated rings. The number of ether oxygens (including phenoxy) is 1. The summed E-state index contributed by atoms with van der Waals surface area (Å²) in [5, 5.41) is 7.93. The second kappa shape index (κ2) is 5.20. The molecule has 0 aliphatic rings. The van der Waals surface area contributed by atoms with Gasteiger partial charge in [-0.25, -0.2) is 5.10 Å². The minimum Gasteiger partial charge on any atom is -0.427 e. The van der Waals surface area contributed by atoms with Crippen LogP contribution in [0.2, 0.25) is 0 Å². The predicted octanol–water partition coefficient (Wildman–Crippen LogP) is 2.52. The van der Waals surface area contributed by atoms with Crippen molar-refractivity contribution >= 4 is 16.7 Å². The minimum absolute atomic E-state index is 0.231. The highest BCUT2D eigenvalue weighted by atomic mass is 16.5. The van der Waals surface area contributed by atoms with Gasteiger partial charge in [-0.1, -0.05) is 30.3 Å². The van der Waals surface area contributed by atoms with Gasteiger partial charge in [0.1, 0.15) is 5.75 Å². The van der Waals surface area contributed by atoms with Gasteiger partial charge in [0.15, 0.2) is 0 Å². The summed E-state index contributed by atoms with van der Waals surface area (Å²) in [7, 11) is 0. The van der Waals surface area contributed by atoms with Crippen LogP contribution in [0.25, 0.3) is 22.0 Å². The second-order valence-electron chi connectivity index (χ2n) is 4.57. The summed E-state index contributed by atoms with van der Waals surface area (Å²) >= 11 is 0. The fourth-order valence-corrected chi connectivity index (χ4v) is 2.21. The summed E-state index contributed by atoms with van der Waals surface area (Å²) in [5.41, 5.74) is 1.17. The largest absolute Gasteiger partial charge is 0.427 e. The molecule has 0 saturated heterocycles. The summed E-state index contributed by atoms with van der Waals surface area (Å²) in [6, 6.07) is 14.3. The van der Waals surface area contributed by atoms with Crippen molar-refractivity contribution in [2.45, 2.75) is 6.92 Å². The van der Waals surface area contributed by atoms with E-state index in [0.717, 1.165) is 10.9 Å². The molecule has 1 aromatic heterocycles. The SMILES string of the molecule is CC(=O)Oc1cccc(-c2n[nH]c(=O)c3ccccc23)c1. The molecule has 0 radical (unpaired) electrons. The number of aromatic nitrogens is 2. The van der Waals surface area contributed by atoms with E-state index in [2.05, 4.69) is 10.2 Å². The van der Waals surface area contributed by atoms with Gasteiger partial charge in [0, 0.05) is 17.9 Å². The first-order chi connectivity index (χ1) is 10.1. The fraction of sp³-hybridized carbons (Fsp3) is 0.0625. The van der Waals surface area contributed by atoms with E-state index in [-0.39, 0.29) is 11.5 Å². The molecule has 21 heavy (non-hydrogen) atoms. The van der Waals surface area contributed by atoms with Crippen LogP contribution in [0.5, 0.6) is 5.75 Å². The highest BCUT2D eigenvalue weighted by molar-refractivity contribution is 5.93. The number of benzene rings is 2. The van der Waals surface area contributed by atoms with Crippen molar-refractivity contribution in [3.05, 3.63) is 58.9 Å². The molecule has 0 amide bonds. The number of hydrogen-bond donors (Lipinski definition) is 1. The Kier molecular flexibility index (Phi) is 3.23. The normalized spacial score (nSPS) is 10.5. The quantitative estimate of drug-likeness (QED) is 0.578. The van der Waals surface area contributed by atoms with Crippen LogP contribution in [0.4, 0.5) is 0 Å². The summed E-state index contributed by atoms with van der Waals surface area (Å²) in [6.07, 6.45) is 0. The number of carbonyl (C=O) groups is 1. The number of fused-ring (bicyclic) bond motifs is 1. The van der Waals surface area contributed by atoms with Gasteiger partial charge in [-0.3, -0.25) is 9.59 Å². The number of nitrogens with zero attached hydrogens (tertiary/aromatic N) is 1. The zero-order valence-electron chi connectivity index (χ0n) is 11.3. The van der Waals surface area contributed by atoms with E-state index in [1.165, 1.54) is 6.92 Å². The third-order valence-electron chi connectivity index (χ3n) is 3.07. The number of hydrogen-bond acceptors (Lipinski definition) is 4. The molecule has 104 valence electrons. The molecule has 0 aliphatic carbocycles. The van der Waals surface area contributed by atoms with Gasteiger partial charge in [0.2, 0.25) is 0 Å². The third-order valence-corrected chi connectivity index (χ3v) is 3.07. The monoisotopic (exact) mass is 280 g/mol. The Morgan fingerprint density at radius 2 is 1.86 bits per heavy atom. The van der Waals surface area contributed by atoms with E-state index in [1.807, 2.05) is 18.2 Å². The van der Waals surface area contributed by atoms with Crippen LogP contribution in [0, 0.1) is 0 Å². The van der Waals surface area contributed by atoms with E-state index in [1.54, 1.807) is 30.3 Å². The van der Waals surface area contributed by atoms with Crippen LogP contribution in [0.3, 0.4) is 0 Å². The van der Waals surface area contributed by atoms with Gasteiger partial charge in [-0.2, -0.15) is 5.10 Å². The number of nitrogens with one attached hydrogen (secondary N) is 1. The number of carbonyl (C=O) groups excluding carboxylic acids is 1. The topological polar surface area (TPSA) is 72.0 Å². The lowest BCUT2D eigenvalue weighted by molar-refractivity contribution is -0.131. The number of aromatic amines is 1. The molecule has 0 bridgehead atoms. The van der Waals surface area contributed by atoms with Crippen LogP contribution in [-0.2, 0) is 4.79 Å². The van der Waals surface area contributed by atoms with Gasteiger partial charge in [0.25, 0.3) is 5.56 Å². The highest BCUT2D eigenvalue weighted by Crippen LogP contribution is 2.27. The molecule has 3 aromatic rings. The van der Waals surface area contributed by atoms with Gasteiger partial charge < -0.3 is 4.74 Å². The van der Waals surface area contributed by atoms with Crippen molar-refractivity contribution in [1.82, 2.24) is 10.2 Å². The Bertz CT molecular complexity index is 884. The Balaban J connectivity index is 2.19. The van der Waals surface area contributed by atoms with E-state index < -0.39 is 0 Å². The van der Waals surface area contributed by atoms with Crippen molar-refractivity contribution in [2.24, 2.45) is 0 Å². The van der Waals surface area contributed by atoms with Crippen LogP contribution < -0.4 is 10.3 Å². The van der Waals surface area contributed by atoms with Crippen molar-refractivity contribution in [1.29, 1.82) is 0 Å². The molecule has 1 heterocycles. The van der Waals surface area contributed by atoms with Crippen LogP contribution >= 0.6 is 0 Å². The first-order valence-electron chi connectivity index (χ1n) is 6.41. The molecule has 0 atom stereocenters. The standard InChI is InChI=1S/C16H12N2O3/c1-10(19)21-12-6-4-5-11(9-12)15-13-7-2-3-8-14(13)16(20)18-17-15/h2-9H,1H3,(H,18,20).